The Morgan fingerprint density at radius 2 is 1.68 bits per heavy atom. The summed E-state index contributed by atoms with van der Waals surface area (Å²) in [5.41, 5.74) is 3.31. The van der Waals surface area contributed by atoms with E-state index >= 15 is 0 Å². The van der Waals surface area contributed by atoms with Gasteiger partial charge < -0.3 is 0 Å². The van der Waals surface area contributed by atoms with Gasteiger partial charge in [-0.15, -0.1) is 0 Å². The van der Waals surface area contributed by atoms with Crippen molar-refractivity contribution in [2.75, 3.05) is 17.1 Å². The molecule has 2 aromatic carbocycles. The SMILES string of the molecule is Cc1ccc2c(c1)CCCN2S(=O)(=O)c1cc(S(C)(=O)=O)ccc1C. The first kappa shape index (κ1) is 17.9. The Morgan fingerprint density at radius 3 is 2.36 bits per heavy atom. The van der Waals surface area contributed by atoms with Crippen molar-refractivity contribution in [1.29, 1.82) is 0 Å². The summed E-state index contributed by atoms with van der Waals surface area (Å²) in [6.45, 7) is 4.05. The second-order valence-corrected chi connectivity index (χ2v) is 10.4. The van der Waals surface area contributed by atoms with Gasteiger partial charge in [0.1, 0.15) is 0 Å². The van der Waals surface area contributed by atoms with Gasteiger partial charge in [-0.1, -0.05) is 23.8 Å². The molecule has 0 N–H and O–H groups in total. The summed E-state index contributed by atoms with van der Waals surface area (Å²) in [7, 11) is -7.32. The number of fused-ring (bicyclic) bond motifs is 1. The molecule has 0 amide bonds. The predicted octanol–water partition coefficient (Wildman–Crippen LogP) is 2.85. The fourth-order valence-electron chi connectivity index (χ4n) is 3.15. The highest BCUT2D eigenvalue weighted by Crippen LogP contribution is 2.34. The maximum Gasteiger partial charge on any atom is 0.264 e. The highest BCUT2D eigenvalue weighted by Gasteiger charge is 2.31. The van der Waals surface area contributed by atoms with Gasteiger partial charge in [-0.05, 0) is 56.0 Å². The molecular formula is C18H21NO4S2. The molecule has 3 rings (SSSR count). The molecule has 0 atom stereocenters. The molecule has 134 valence electrons. The Hall–Kier alpha value is -1.86. The number of benzene rings is 2. The van der Waals surface area contributed by atoms with Crippen molar-refractivity contribution in [2.24, 2.45) is 0 Å². The third-order valence-corrected chi connectivity index (χ3v) is 7.53. The van der Waals surface area contributed by atoms with Crippen LogP contribution < -0.4 is 4.31 Å². The molecule has 0 bridgehead atoms. The standard InChI is InChI=1S/C18H21NO4S2/c1-13-6-9-17-15(11-13)5-4-10-19(17)25(22,23)18-12-16(24(3,20)21)8-7-14(18)2/h6-9,11-12H,4-5,10H2,1-3H3. The summed E-state index contributed by atoms with van der Waals surface area (Å²) in [5, 5.41) is 0. The topological polar surface area (TPSA) is 71.5 Å². The van der Waals surface area contributed by atoms with Crippen LogP contribution in [-0.2, 0) is 26.3 Å². The van der Waals surface area contributed by atoms with Crippen molar-refractivity contribution in [3.05, 3.63) is 53.1 Å². The molecule has 1 aliphatic rings. The molecular weight excluding hydrogens is 358 g/mol. The molecule has 5 nitrogen and oxygen atoms in total. The van der Waals surface area contributed by atoms with E-state index in [0.717, 1.165) is 30.2 Å². The van der Waals surface area contributed by atoms with Gasteiger partial charge in [0, 0.05) is 12.8 Å². The molecule has 2 aromatic rings. The maximum atomic E-state index is 13.3. The average Bonchev–Trinajstić information content (AvgIpc) is 2.53. The lowest BCUT2D eigenvalue weighted by Crippen LogP contribution is -2.36. The number of nitrogens with zero attached hydrogens (tertiary/aromatic N) is 1. The van der Waals surface area contributed by atoms with E-state index in [9.17, 15) is 16.8 Å². The van der Waals surface area contributed by atoms with Crippen LogP contribution in [0.3, 0.4) is 0 Å². The average molecular weight is 380 g/mol. The summed E-state index contributed by atoms with van der Waals surface area (Å²) in [4.78, 5) is 0.0571. The number of hydrogen-bond donors (Lipinski definition) is 0. The van der Waals surface area contributed by atoms with E-state index in [4.69, 9.17) is 0 Å². The minimum atomic E-state index is -3.83. The van der Waals surface area contributed by atoms with E-state index < -0.39 is 19.9 Å². The van der Waals surface area contributed by atoms with Crippen molar-refractivity contribution in [2.45, 2.75) is 36.5 Å². The van der Waals surface area contributed by atoms with Gasteiger partial charge in [0.25, 0.3) is 10.0 Å². The van der Waals surface area contributed by atoms with E-state index in [1.807, 2.05) is 25.1 Å². The number of sulfone groups is 1. The number of anilines is 1. The summed E-state index contributed by atoms with van der Waals surface area (Å²) in [6.07, 6.45) is 2.65. The largest absolute Gasteiger partial charge is 0.266 e. The van der Waals surface area contributed by atoms with Crippen LogP contribution >= 0.6 is 0 Å². The lowest BCUT2D eigenvalue weighted by molar-refractivity contribution is 0.585. The first-order valence-electron chi connectivity index (χ1n) is 8.04. The van der Waals surface area contributed by atoms with Crippen molar-refractivity contribution in [1.82, 2.24) is 0 Å². The van der Waals surface area contributed by atoms with Gasteiger partial charge in [0.05, 0.1) is 15.5 Å². The molecule has 0 saturated carbocycles. The Bertz CT molecular complexity index is 1040. The molecule has 25 heavy (non-hydrogen) atoms. The fourth-order valence-corrected chi connectivity index (χ4v) is 5.67. The lowest BCUT2D eigenvalue weighted by Gasteiger charge is -2.31. The normalized spacial score (nSPS) is 15.1. The highest BCUT2D eigenvalue weighted by molar-refractivity contribution is 7.93. The third-order valence-electron chi connectivity index (χ3n) is 4.47. The van der Waals surface area contributed by atoms with Gasteiger partial charge in [-0.3, -0.25) is 4.31 Å². The smallest absolute Gasteiger partial charge is 0.264 e. The summed E-state index contributed by atoms with van der Waals surface area (Å²) in [5.74, 6) is 0. The molecule has 0 radical (unpaired) electrons. The minimum absolute atomic E-state index is 0.0119. The zero-order valence-corrected chi connectivity index (χ0v) is 16.1. The molecule has 0 aliphatic carbocycles. The zero-order chi connectivity index (χ0) is 18.4. The number of sulfonamides is 1. The van der Waals surface area contributed by atoms with Crippen molar-refractivity contribution in [3.63, 3.8) is 0 Å². The van der Waals surface area contributed by atoms with Crippen LogP contribution in [0.1, 0.15) is 23.1 Å². The first-order chi connectivity index (χ1) is 11.6. The van der Waals surface area contributed by atoms with Crippen LogP contribution in [0.25, 0.3) is 0 Å². The van der Waals surface area contributed by atoms with E-state index in [0.29, 0.717) is 17.8 Å². The lowest BCUT2D eigenvalue weighted by atomic mass is 10.0. The maximum absolute atomic E-state index is 13.3. The summed E-state index contributed by atoms with van der Waals surface area (Å²) >= 11 is 0. The number of aryl methyl sites for hydroxylation is 3. The molecule has 7 heteroatoms. The highest BCUT2D eigenvalue weighted by atomic mass is 32.2. The van der Waals surface area contributed by atoms with Gasteiger partial charge in [0.15, 0.2) is 9.84 Å². The van der Waals surface area contributed by atoms with Crippen LogP contribution in [0.15, 0.2) is 46.2 Å². The van der Waals surface area contributed by atoms with E-state index in [1.165, 1.54) is 16.4 Å². The van der Waals surface area contributed by atoms with Gasteiger partial charge in [-0.25, -0.2) is 16.8 Å². The van der Waals surface area contributed by atoms with Crippen LogP contribution in [0.2, 0.25) is 0 Å². The Morgan fingerprint density at radius 1 is 0.960 bits per heavy atom. The van der Waals surface area contributed by atoms with Gasteiger partial charge >= 0.3 is 0 Å². The molecule has 0 spiro atoms. The minimum Gasteiger partial charge on any atom is -0.266 e. The summed E-state index contributed by atoms with van der Waals surface area (Å²) < 4.78 is 51.6. The fraction of sp³-hybridized carbons (Fsp3) is 0.333. The number of hydrogen-bond acceptors (Lipinski definition) is 4. The van der Waals surface area contributed by atoms with Crippen LogP contribution in [0, 0.1) is 13.8 Å². The van der Waals surface area contributed by atoms with E-state index in [2.05, 4.69) is 0 Å². The van der Waals surface area contributed by atoms with Crippen molar-refractivity contribution >= 4 is 25.5 Å². The van der Waals surface area contributed by atoms with Crippen molar-refractivity contribution in [3.8, 4) is 0 Å². The quantitative estimate of drug-likeness (QED) is 0.822. The van der Waals surface area contributed by atoms with Gasteiger partial charge in [0.2, 0.25) is 0 Å². The predicted molar refractivity (Wildman–Crippen MR) is 98.3 cm³/mol. The Balaban J connectivity index is 2.16. The van der Waals surface area contributed by atoms with Crippen LogP contribution in [0.4, 0.5) is 5.69 Å². The monoisotopic (exact) mass is 379 g/mol. The Kier molecular flexibility index (Phi) is 4.41. The second kappa shape index (κ2) is 6.14. The number of rotatable bonds is 3. The Labute approximate surface area is 149 Å². The first-order valence-corrected chi connectivity index (χ1v) is 11.4. The van der Waals surface area contributed by atoms with Crippen molar-refractivity contribution < 1.29 is 16.8 Å². The summed E-state index contributed by atoms with van der Waals surface area (Å²) in [6, 6.07) is 9.99. The second-order valence-electron chi connectivity index (χ2n) is 6.51. The molecule has 0 saturated heterocycles. The van der Waals surface area contributed by atoms with E-state index in [1.54, 1.807) is 13.0 Å². The van der Waals surface area contributed by atoms with Crippen LogP contribution in [-0.4, -0.2) is 29.6 Å². The molecule has 0 unspecified atom stereocenters. The zero-order valence-electron chi connectivity index (χ0n) is 14.5. The van der Waals surface area contributed by atoms with Crippen LogP contribution in [0.5, 0.6) is 0 Å². The third kappa shape index (κ3) is 3.30. The van der Waals surface area contributed by atoms with E-state index in [-0.39, 0.29) is 9.79 Å². The van der Waals surface area contributed by atoms with Gasteiger partial charge in [-0.2, -0.15) is 0 Å². The molecule has 0 aromatic heterocycles. The molecule has 1 heterocycles. The molecule has 0 fully saturated rings. The molecule has 1 aliphatic heterocycles.